The highest BCUT2D eigenvalue weighted by Crippen LogP contribution is 2.32. The van der Waals surface area contributed by atoms with Crippen LogP contribution in [-0.2, 0) is 4.74 Å². The summed E-state index contributed by atoms with van der Waals surface area (Å²) in [5, 5.41) is 1.84. The SMILES string of the molecule is COCCN1CC[C@H]2[C@@H]1CCN2C(=O)c1cscn1. The lowest BCUT2D eigenvalue weighted by Crippen LogP contribution is -2.40. The number of nitrogens with zero attached hydrogens (tertiary/aromatic N) is 3. The molecule has 6 heteroatoms. The van der Waals surface area contributed by atoms with Gasteiger partial charge in [-0.1, -0.05) is 0 Å². The lowest BCUT2D eigenvalue weighted by molar-refractivity contribution is 0.0724. The van der Waals surface area contributed by atoms with Gasteiger partial charge in [0.15, 0.2) is 0 Å². The fourth-order valence-electron chi connectivity index (χ4n) is 3.28. The van der Waals surface area contributed by atoms with Crippen LogP contribution in [0.3, 0.4) is 0 Å². The largest absolute Gasteiger partial charge is 0.383 e. The summed E-state index contributed by atoms with van der Waals surface area (Å²) in [7, 11) is 1.74. The molecule has 2 atom stereocenters. The molecule has 0 spiro atoms. The fourth-order valence-corrected chi connectivity index (χ4v) is 3.80. The number of carbonyl (C=O) groups excluding carboxylic acids is 1. The third-order valence-corrected chi connectivity index (χ3v) is 4.77. The van der Waals surface area contributed by atoms with E-state index in [-0.39, 0.29) is 5.91 Å². The molecule has 0 bridgehead atoms. The molecule has 2 aliphatic rings. The van der Waals surface area contributed by atoms with Crippen LogP contribution in [0.1, 0.15) is 23.3 Å². The van der Waals surface area contributed by atoms with Crippen LogP contribution in [0.25, 0.3) is 0 Å². The van der Waals surface area contributed by atoms with Crippen LogP contribution in [0.4, 0.5) is 0 Å². The number of carbonyl (C=O) groups is 1. The van der Waals surface area contributed by atoms with E-state index >= 15 is 0 Å². The van der Waals surface area contributed by atoms with E-state index in [9.17, 15) is 4.79 Å². The molecule has 5 nitrogen and oxygen atoms in total. The third kappa shape index (κ3) is 2.40. The van der Waals surface area contributed by atoms with Crippen molar-refractivity contribution >= 4 is 17.2 Å². The van der Waals surface area contributed by atoms with E-state index in [4.69, 9.17) is 4.74 Å². The predicted octanol–water partition coefficient (Wildman–Crippen LogP) is 1.08. The van der Waals surface area contributed by atoms with E-state index in [2.05, 4.69) is 9.88 Å². The zero-order valence-electron chi connectivity index (χ0n) is 11.1. The van der Waals surface area contributed by atoms with Gasteiger partial charge in [0.1, 0.15) is 5.69 Å². The molecule has 3 heterocycles. The lowest BCUT2D eigenvalue weighted by Gasteiger charge is -2.25. The van der Waals surface area contributed by atoms with Gasteiger partial charge in [0.25, 0.3) is 5.91 Å². The van der Waals surface area contributed by atoms with Crippen LogP contribution < -0.4 is 0 Å². The number of hydrogen-bond acceptors (Lipinski definition) is 5. The van der Waals surface area contributed by atoms with E-state index in [1.54, 1.807) is 12.6 Å². The maximum atomic E-state index is 12.4. The first kappa shape index (κ1) is 13.0. The standard InChI is InChI=1S/C13H19N3O2S/c1-18-7-6-15-4-2-12-11(15)3-5-16(12)13(17)10-8-19-9-14-10/h8-9,11-12H,2-7H2,1H3/t11-,12-/m0/s1. The first-order chi connectivity index (χ1) is 9.31. The molecular weight excluding hydrogens is 262 g/mol. The summed E-state index contributed by atoms with van der Waals surface area (Å²) in [4.78, 5) is 21.0. The van der Waals surface area contributed by atoms with Crippen molar-refractivity contribution < 1.29 is 9.53 Å². The molecule has 1 amide bonds. The number of likely N-dealkylation sites (tertiary alicyclic amines) is 2. The van der Waals surface area contributed by atoms with Crippen molar-refractivity contribution in [1.29, 1.82) is 0 Å². The Kier molecular flexibility index (Phi) is 3.81. The van der Waals surface area contributed by atoms with Gasteiger partial charge < -0.3 is 9.64 Å². The Morgan fingerprint density at radius 1 is 1.47 bits per heavy atom. The van der Waals surface area contributed by atoms with Gasteiger partial charge in [0.2, 0.25) is 0 Å². The number of amides is 1. The van der Waals surface area contributed by atoms with E-state index in [1.807, 2.05) is 10.3 Å². The van der Waals surface area contributed by atoms with E-state index in [0.717, 1.165) is 39.1 Å². The second-order valence-electron chi connectivity index (χ2n) is 5.11. The minimum atomic E-state index is 0.0994. The van der Waals surface area contributed by atoms with Crippen molar-refractivity contribution in [3.63, 3.8) is 0 Å². The first-order valence-corrected chi connectivity index (χ1v) is 7.67. The van der Waals surface area contributed by atoms with Crippen LogP contribution in [0.5, 0.6) is 0 Å². The molecule has 0 N–H and O–H groups in total. The molecule has 3 rings (SSSR count). The minimum absolute atomic E-state index is 0.0994. The summed E-state index contributed by atoms with van der Waals surface area (Å²) in [6.07, 6.45) is 2.15. The monoisotopic (exact) mass is 281 g/mol. The molecule has 2 aliphatic heterocycles. The Hall–Kier alpha value is -0.980. The van der Waals surface area contributed by atoms with Gasteiger partial charge in [-0.2, -0.15) is 0 Å². The number of thiazole rings is 1. The Labute approximate surface area is 117 Å². The number of rotatable bonds is 4. The van der Waals surface area contributed by atoms with E-state index in [1.165, 1.54) is 11.3 Å². The zero-order chi connectivity index (χ0) is 13.2. The number of aromatic nitrogens is 1. The summed E-state index contributed by atoms with van der Waals surface area (Å²) < 4.78 is 5.15. The molecule has 19 heavy (non-hydrogen) atoms. The quantitative estimate of drug-likeness (QED) is 0.828. The van der Waals surface area contributed by atoms with Gasteiger partial charge in [-0.25, -0.2) is 4.98 Å². The van der Waals surface area contributed by atoms with Gasteiger partial charge in [-0.05, 0) is 12.8 Å². The molecular formula is C13H19N3O2S. The average molecular weight is 281 g/mol. The van der Waals surface area contributed by atoms with Crippen molar-refractivity contribution in [3.8, 4) is 0 Å². The first-order valence-electron chi connectivity index (χ1n) is 6.73. The highest BCUT2D eigenvalue weighted by Gasteiger charge is 2.44. The van der Waals surface area contributed by atoms with Crippen molar-refractivity contribution in [2.24, 2.45) is 0 Å². The average Bonchev–Trinajstić information content (AvgIpc) is 3.13. The van der Waals surface area contributed by atoms with Gasteiger partial charge in [-0.15, -0.1) is 11.3 Å². The number of hydrogen-bond donors (Lipinski definition) is 0. The molecule has 0 unspecified atom stereocenters. The van der Waals surface area contributed by atoms with Gasteiger partial charge in [-0.3, -0.25) is 9.69 Å². The highest BCUT2D eigenvalue weighted by molar-refractivity contribution is 7.07. The Balaban J connectivity index is 1.66. The summed E-state index contributed by atoms with van der Waals surface area (Å²) in [6.45, 7) is 3.66. The number of methoxy groups -OCH3 is 1. The normalized spacial score (nSPS) is 26.9. The van der Waals surface area contributed by atoms with E-state index in [0.29, 0.717) is 17.8 Å². The minimum Gasteiger partial charge on any atom is -0.383 e. The molecule has 104 valence electrons. The smallest absolute Gasteiger partial charge is 0.273 e. The summed E-state index contributed by atoms with van der Waals surface area (Å²) in [5.41, 5.74) is 2.32. The maximum Gasteiger partial charge on any atom is 0.273 e. The summed E-state index contributed by atoms with van der Waals surface area (Å²) in [5.74, 6) is 0.0994. The maximum absolute atomic E-state index is 12.4. The number of ether oxygens (including phenoxy) is 1. The molecule has 0 radical (unpaired) electrons. The van der Waals surface area contributed by atoms with Crippen LogP contribution >= 0.6 is 11.3 Å². The molecule has 0 aromatic carbocycles. The Morgan fingerprint density at radius 3 is 3.05 bits per heavy atom. The zero-order valence-corrected chi connectivity index (χ0v) is 11.9. The topological polar surface area (TPSA) is 45.7 Å². The van der Waals surface area contributed by atoms with Gasteiger partial charge >= 0.3 is 0 Å². The molecule has 2 fully saturated rings. The van der Waals surface area contributed by atoms with Crippen molar-refractivity contribution in [1.82, 2.24) is 14.8 Å². The highest BCUT2D eigenvalue weighted by atomic mass is 32.1. The van der Waals surface area contributed by atoms with Gasteiger partial charge in [0.05, 0.1) is 12.1 Å². The molecule has 1 aromatic rings. The summed E-state index contributed by atoms with van der Waals surface area (Å²) in [6, 6.07) is 0.879. The van der Waals surface area contributed by atoms with Crippen LogP contribution in [0.2, 0.25) is 0 Å². The van der Waals surface area contributed by atoms with Crippen molar-refractivity contribution in [2.75, 3.05) is 33.4 Å². The number of fused-ring (bicyclic) bond motifs is 1. The summed E-state index contributed by atoms with van der Waals surface area (Å²) >= 11 is 1.48. The van der Waals surface area contributed by atoms with Gasteiger partial charge in [0, 0.05) is 44.2 Å². The predicted molar refractivity (Wildman–Crippen MR) is 73.4 cm³/mol. The fraction of sp³-hybridized carbons (Fsp3) is 0.692. The second-order valence-corrected chi connectivity index (χ2v) is 5.83. The van der Waals surface area contributed by atoms with Crippen LogP contribution in [0, 0.1) is 0 Å². The molecule has 2 saturated heterocycles. The van der Waals surface area contributed by atoms with Crippen molar-refractivity contribution in [2.45, 2.75) is 24.9 Å². The second kappa shape index (κ2) is 5.56. The molecule has 1 aromatic heterocycles. The Bertz CT molecular complexity index is 437. The van der Waals surface area contributed by atoms with Crippen molar-refractivity contribution in [3.05, 3.63) is 16.6 Å². The van der Waals surface area contributed by atoms with Crippen LogP contribution in [-0.4, -0.2) is 66.1 Å². The molecule has 0 saturated carbocycles. The third-order valence-electron chi connectivity index (χ3n) is 4.19. The lowest BCUT2D eigenvalue weighted by atomic mass is 10.1. The Morgan fingerprint density at radius 2 is 2.32 bits per heavy atom. The van der Waals surface area contributed by atoms with Crippen LogP contribution in [0.15, 0.2) is 10.9 Å². The van der Waals surface area contributed by atoms with E-state index < -0.39 is 0 Å². The molecule has 0 aliphatic carbocycles.